The van der Waals surface area contributed by atoms with Crippen LogP contribution in [0.15, 0.2) is 52.6 Å². The number of nitrogens with two attached hydrogens (primary N) is 1. The van der Waals surface area contributed by atoms with E-state index in [2.05, 4.69) is 17.1 Å². The standard InChI is InChI=1S/C20H18N2O2S.ClH/c1-11(21)12-3-5-13(6-4-12)17-16(24-2)8-7-15-18(17)14-9-10-25-19(14)20(23)22-15;/h3-11H,21H2,1-2H3,(H,22,23);1H. The summed E-state index contributed by atoms with van der Waals surface area (Å²) in [5.74, 6) is 0.778. The second kappa shape index (κ2) is 7.11. The third-order valence-electron chi connectivity index (χ3n) is 4.50. The summed E-state index contributed by atoms with van der Waals surface area (Å²) in [6.07, 6.45) is 0. The lowest BCUT2D eigenvalue weighted by atomic mass is 9.96. The maximum atomic E-state index is 12.3. The van der Waals surface area contributed by atoms with Crippen molar-refractivity contribution in [2.24, 2.45) is 5.73 Å². The predicted octanol–water partition coefficient (Wildman–Crippen LogP) is 4.86. The number of rotatable bonds is 3. The number of H-pyrrole nitrogens is 1. The number of nitrogens with one attached hydrogen (secondary N) is 1. The van der Waals surface area contributed by atoms with Crippen LogP contribution in [0.1, 0.15) is 18.5 Å². The number of aromatic amines is 1. The van der Waals surface area contributed by atoms with Crippen LogP contribution in [0.3, 0.4) is 0 Å². The smallest absolute Gasteiger partial charge is 0.266 e. The number of methoxy groups -OCH3 is 1. The number of halogens is 1. The van der Waals surface area contributed by atoms with E-state index in [1.54, 1.807) is 7.11 Å². The number of pyridine rings is 1. The van der Waals surface area contributed by atoms with Crippen molar-refractivity contribution in [1.82, 2.24) is 4.98 Å². The van der Waals surface area contributed by atoms with E-state index < -0.39 is 0 Å². The van der Waals surface area contributed by atoms with E-state index in [4.69, 9.17) is 10.5 Å². The minimum absolute atomic E-state index is 0. The van der Waals surface area contributed by atoms with E-state index in [9.17, 15) is 4.79 Å². The SMILES string of the molecule is COc1ccc2[nH]c(=O)c3sccc3c2c1-c1ccc(C(C)N)cc1.Cl. The fourth-order valence-corrected chi connectivity index (χ4v) is 4.03. The molecule has 2 aromatic carbocycles. The highest BCUT2D eigenvalue weighted by Gasteiger charge is 2.16. The Bertz CT molecular complexity index is 1130. The molecule has 4 aromatic rings. The number of ether oxygens (including phenoxy) is 1. The minimum atomic E-state index is -0.0547. The molecule has 2 aromatic heterocycles. The van der Waals surface area contributed by atoms with Gasteiger partial charge in [-0.25, -0.2) is 0 Å². The Kier molecular flexibility index (Phi) is 5.05. The van der Waals surface area contributed by atoms with Gasteiger partial charge in [0.25, 0.3) is 5.56 Å². The van der Waals surface area contributed by atoms with Crippen LogP contribution < -0.4 is 16.0 Å². The van der Waals surface area contributed by atoms with Gasteiger partial charge in [-0.05, 0) is 41.6 Å². The Hall–Kier alpha value is -2.34. The summed E-state index contributed by atoms with van der Waals surface area (Å²) >= 11 is 1.45. The van der Waals surface area contributed by atoms with E-state index >= 15 is 0 Å². The summed E-state index contributed by atoms with van der Waals surface area (Å²) in [5.41, 5.74) is 9.81. The third kappa shape index (κ3) is 2.88. The van der Waals surface area contributed by atoms with Crippen LogP contribution in [-0.2, 0) is 0 Å². The largest absolute Gasteiger partial charge is 0.496 e. The molecule has 134 valence electrons. The van der Waals surface area contributed by atoms with Crippen molar-refractivity contribution < 1.29 is 4.74 Å². The van der Waals surface area contributed by atoms with Gasteiger partial charge in [0.05, 0.1) is 7.11 Å². The van der Waals surface area contributed by atoms with Crippen LogP contribution >= 0.6 is 23.7 Å². The zero-order chi connectivity index (χ0) is 17.6. The number of aromatic nitrogens is 1. The first-order valence-corrected chi connectivity index (χ1v) is 8.94. The van der Waals surface area contributed by atoms with Crippen molar-refractivity contribution in [3.8, 4) is 16.9 Å². The number of hydrogen-bond donors (Lipinski definition) is 2. The molecule has 3 N–H and O–H groups in total. The predicted molar refractivity (Wildman–Crippen MR) is 112 cm³/mol. The molecule has 6 heteroatoms. The second-order valence-corrected chi connectivity index (χ2v) is 7.01. The molecule has 2 heterocycles. The lowest BCUT2D eigenvalue weighted by Crippen LogP contribution is -2.05. The summed E-state index contributed by atoms with van der Waals surface area (Å²) in [6.45, 7) is 1.97. The van der Waals surface area contributed by atoms with Crippen LogP contribution in [0.2, 0.25) is 0 Å². The molecule has 0 spiro atoms. The zero-order valence-corrected chi connectivity index (χ0v) is 16.0. The Morgan fingerprint density at radius 2 is 1.85 bits per heavy atom. The molecule has 26 heavy (non-hydrogen) atoms. The molecule has 0 fully saturated rings. The summed E-state index contributed by atoms with van der Waals surface area (Å²) in [5, 5.41) is 3.90. The Balaban J connectivity index is 0.00000196. The van der Waals surface area contributed by atoms with Crippen LogP contribution in [-0.4, -0.2) is 12.1 Å². The zero-order valence-electron chi connectivity index (χ0n) is 14.4. The maximum absolute atomic E-state index is 12.3. The third-order valence-corrected chi connectivity index (χ3v) is 5.41. The van der Waals surface area contributed by atoms with Crippen molar-refractivity contribution in [1.29, 1.82) is 0 Å². The Morgan fingerprint density at radius 1 is 1.12 bits per heavy atom. The normalized spacial score (nSPS) is 12.1. The van der Waals surface area contributed by atoms with E-state index in [1.165, 1.54) is 11.3 Å². The van der Waals surface area contributed by atoms with Gasteiger partial charge in [-0.2, -0.15) is 0 Å². The second-order valence-electron chi connectivity index (χ2n) is 6.09. The Morgan fingerprint density at radius 3 is 2.50 bits per heavy atom. The van der Waals surface area contributed by atoms with Gasteiger partial charge in [0.2, 0.25) is 0 Å². The maximum Gasteiger partial charge on any atom is 0.266 e. The van der Waals surface area contributed by atoms with Gasteiger partial charge in [-0.1, -0.05) is 24.3 Å². The van der Waals surface area contributed by atoms with Crippen molar-refractivity contribution in [2.75, 3.05) is 7.11 Å². The van der Waals surface area contributed by atoms with Gasteiger partial charge < -0.3 is 15.5 Å². The van der Waals surface area contributed by atoms with Crippen LogP contribution in [0.25, 0.3) is 32.1 Å². The molecule has 0 aliphatic rings. The van der Waals surface area contributed by atoms with E-state index in [1.807, 2.05) is 42.6 Å². The minimum Gasteiger partial charge on any atom is -0.496 e. The molecule has 0 radical (unpaired) electrons. The number of benzene rings is 2. The lowest BCUT2D eigenvalue weighted by molar-refractivity contribution is 0.417. The Labute approximate surface area is 161 Å². The summed E-state index contributed by atoms with van der Waals surface area (Å²) in [6, 6.07) is 14.0. The molecule has 0 aliphatic heterocycles. The number of fused-ring (bicyclic) bond motifs is 3. The molecule has 4 rings (SSSR count). The topological polar surface area (TPSA) is 68.1 Å². The van der Waals surface area contributed by atoms with E-state index in [0.29, 0.717) is 0 Å². The highest BCUT2D eigenvalue weighted by atomic mass is 35.5. The average molecular weight is 387 g/mol. The molecule has 0 saturated carbocycles. The highest BCUT2D eigenvalue weighted by Crippen LogP contribution is 2.40. The molecular formula is C20H19ClN2O2S. The molecule has 1 atom stereocenters. The van der Waals surface area contributed by atoms with Gasteiger partial charge in [0.1, 0.15) is 10.4 Å². The van der Waals surface area contributed by atoms with Crippen LogP contribution in [0.5, 0.6) is 5.75 Å². The van der Waals surface area contributed by atoms with Gasteiger partial charge in [0.15, 0.2) is 0 Å². The molecule has 0 amide bonds. The van der Waals surface area contributed by atoms with Gasteiger partial charge >= 0.3 is 0 Å². The summed E-state index contributed by atoms with van der Waals surface area (Å²) < 4.78 is 6.36. The molecule has 4 nitrogen and oxygen atoms in total. The van der Waals surface area contributed by atoms with Gasteiger partial charge in [-0.3, -0.25) is 4.79 Å². The van der Waals surface area contributed by atoms with Crippen LogP contribution in [0, 0.1) is 0 Å². The first kappa shape index (κ1) is 18.5. The molecule has 0 bridgehead atoms. The fourth-order valence-electron chi connectivity index (χ4n) is 3.24. The van der Waals surface area contributed by atoms with Gasteiger partial charge in [0, 0.05) is 27.9 Å². The molecule has 1 unspecified atom stereocenters. The quantitative estimate of drug-likeness (QED) is 0.528. The van der Waals surface area contributed by atoms with E-state index in [0.717, 1.165) is 43.4 Å². The van der Waals surface area contributed by atoms with Crippen molar-refractivity contribution >= 4 is 44.7 Å². The van der Waals surface area contributed by atoms with Crippen LogP contribution in [0.4, 0.5) is 0 Å². The molecule has 0 aliphatic carbocycles. The van der Waals surface area contributed by atoms with Gasteiger partial charge in [-0.15, -0.1) is 23.7 Å². The monoisotopic (exact) mass is 386 g/mol. The first-order chi connectivity index (χ1) is 12.1. The highest BCUT2D eigenvalue weighted by molar-refractivity contribution is 7.17. The summed E-state index contributed by atoms with van der Waals surface area (Å²) in [4.78, 5) is 15.3. The van der Waals surface area contributed by atoms with Crippen molar-refractivity contribution in [3.63, 3.8) is 0 Å². The number of hydrogen-bond acceptors (Lipinski definition) is 4. The lowest BCUT2D eigenvalue weighted by Gasteiger charge is -2.14. The average Bonchev–Trinajstić information content (AvgIpc) is 3.11. The number of thiophene rings is 1. The molecular weight excluding hydrogens is 368 g/mol. The van der Waals surface area contributed by atoms with Crippen molar-refractivity contribution in [3.05, 3.63) is 63.8 Å². The fraction of sp³-hybridized carbons (Fsp3) is 0.150. The van der Waals surface area contributed by atoms with Crippen molar-refractivity contribution in [2.45, 2.75) is 13.0 Å². The summed E-state index contributed by atoms with van der Waals surface area (Å²) in [7, 11) is 1.66. The molecule has 0 saturated heterocycles. The first-order valence-electron chi connectivity index (χ1n) is 8.06. The van der Waals surface area contributed by atoms with E-state index in [-0.39, 0.29) is 24.0 Å².